The van der Waals surface area contributed by atoms with E-state index in [4.69, 9.17) is 32.1 Å². The molecule has 0 fully saturated rings. The van der Waals surface area contributed by atoms with E-state index in [1.807, 2.05) is 0 Å². The van der Waals surface area contributed by atoms with E-state index in [-0.39, 0.29) is 27.8 Å². The largest absolute Gasteiger partial charge is 0.493 e. The van der Waals surface area contributed by atoms with Crippen LogP contribution in [0.3, 0.4) is 0 Å². The summed E-state index contributed by atoms with van der Waals surface area (Å²) in [5, 5.41) is 23.5. The molecule has 0 unspecified atom stereocenters. The summed E-state index contributed by atoms with van der Waals surface area (Å²) in [4.78, 5) is 22.4. The minimum Gasteiger partial charge on any atom is -0.493 e. The lowest BCUT2D eigenvalue weighted by Gasteiger charge is -2.12. The Morgan fingerprint density at radius 3 is 2.53 bits per heavy atom. The summed E-state index contributed by atoms with van der Waals surface area (Å²) in [7, 11) is -3.18. The summed E-state index contributed by atoms with van der Waals surface area (Å²) < 4.78 is 35.6. The van der Waals surface area contributed by atoms with Crippen LogP contribution >= 0.6 is 23.2 Å². The van der Waals surface area contributed by atoms with Crippen molar-refractivity contribution in [2.75, 3.05) is 12.4 Å². The molecule has 0 saturated carbocycles. The highest BCUT2D eigenvalue weighted by Gasteiger charge is 2.22. The maximum atomic E-state index is 12.6. The van der Waals surface area contributed by atoms with Gasteiger partial charge in [-0.15, -0.1) is 0 Å². The van der Waals surface area contributed by atoms with Crippen LogP contribution in [0.5, 0.6) is 11.5 Å². The van der Waals surface area contributed by atoms with Gasteiger partial charge in [-0.1, -0.05) is 35.3 Å². The molecule has 3 aromatic rings. The van der Waals surface area contributed by atoms with Crippen molar-refractivity contribution >= 4 is 56.7 Å². The molecule has 1 amide bonds. The number of carbonyl (C=O) groups excluding carboxylic acids is 1. The highest BCUT2D eigenvalue weighted by molar-refractivity contribution is 7.87. The van der Waals surface area contributed by atoms with Gasteiger partial charge < -0.3 is 14.2 Å². The minimum atomic E-state index is -4.44. The van der Waals surface area contributed by atoms with Gasteiger partial charge in [0.05, 0.1) is 22.7 Å². The third-order valence-corrected chi connectivity index (χ3v) is 6.35. The second-order valence-electron chi connectivity index (χ2n) is 6.95. The van der Waals surface area contributed by atoms with Crippen molar-refractivity contribution in [2.45, 2.75) is 4.90 Å². The zero-order chi connectivity index (χ0) is 26.5. The fourth-order valence-electron chi connectivity index (χ4n) is 2.86. The van der Waals surface area contributed by atoms with E-state index in [9.17, 15) is 28.6 Å². The molecule has 3 aromatic carbocycles. The normalized spacial score (nSPS) is 11.3. The number of benzene rings is 3. The molecule has 0 aliphatic rings. The lowest BCUT2D eigenvalue weighted by molar-refractivity contribution is -0.385. The van der Waals surface area contributed by atoms with E-state index >= 15 is 0 Å². The van der Waals surface area contributed by atoms with Gasteiger partial charge in [0.1, 0.15) is 16.5 Å². The molecule has 184 valence electrons. The number of rotatable bonds is 8. The molecular weight excluding hydrogens is 533 g/mol. The second-order valence-corrected chi connectivity index (χ2v) is 9.34. The Balaban J connectivity index is 1.87. The summed E-state index contributed by atoms with van der Waals surface area (Å²) in [6.45, 7) is 0. The molecule has 0 heterocycles. The second kappa shape index (κ2) is 11.1. The summed E-state index contributed by atoms with van der Waals surface area (Å²) in [6, 6.07) is 14.6. The average Bonchev–Trinajstić information content (AvgIpc) is 2.85. The maximum Gasteiger partial charge on any atom is 0.339 e. The molecule has 1 N–H and O–H groups in total. The number of hydrogen-bond acceptors (Lipinski definition) is 8. The lowest BCUT2D eigenvalue weighted by Crippen LogP contribution is -2.13. The van der Waals surface area contributed by atoms with Crippen LogP contribution in [0.2, 0.25) is 10.0 Å². The van der Waals surface area contributed by atoms with Crippen LogP contribution in [0, 0.1) is 21.4 Å². The van der Waals surface area contributed by atoms with E-state index in [0.717, 1.165) is 18.2 Å². The maximum absolute atomic E-state index is 12.6. The molecule has 0 spiro atoms. The molecule has 0 radical (unpaired) electrons. The first-order chi connectivity index (χ1) is 17.0. The fourth-order valence-corrected chi connectivity index (χ4v) is 4.18. The van der Waals surface area contributed by atoms with E-state index in [0.29, 0.717) is 10.6 Å². The number of non-ortho nitro benzene ring substituents is 1. The predicted molar refractivity (Wildman–Crippen MR) is 133 cm³/mol. The topological polar surface area (TPSA) is 149 Å². The quantitative estimate of drug-likeness (QED) is 0.132. The molecule has 0 saturated heterocycles. The Hall–Kier alpha value is -4.11. The van der Waals surface area contributed by atoms with Gasteiger partial charge in [0.15, 0.2) is 11.5 Å². The van der Waals surface area contributed by atoms with Crippen molar-refractivity contribution in [3.8, 4) is 17.6 Å². The fraction of sp³-hybridized carbons (Fsp3) is 0.0435. The van der Waals surface area contributed by atoms with E-state index in [1.165, 1.54) is 55.7 Å². The molecule has 3 rings (SSSR count). The van der Waals surface area contributed by atoms with Crippen LogP contribution < -0.4 is 14.2 Å². The first-order valence-corrected chi connectivity index (χ1v) is 12.0. The van der Waals surface area contributed by atoms with Crippen molar-refractivity contribution in [3.63, 3.8) is 0 Å². The molecule has 10 nitrogen and oxygen atoms in total. The summed E-state index contributed by atoms with van der Waals surface area (Å²) in [5.41, 5.74) is -0.182. The van der Waals surface area contributed by atoms with Gasteiger partial charge in [0.25, 0.3) is 11.6 Å². The van der Waals surface area contributed by atoms with E-state index in [1.54, 1.807) is 6.07 Å². The number of nitriles is 1. The number of nitrogens with one attached hydrogen (secondary N) is 1. The highest BCUT2D eigenvalue weighted by Crippen LogP contribution is 2.32. The van der Waals surface area contributed by atoms with Crippen molar-refractivity contribution in [1.82, 2.24) is 0 Å². The Morgan fingerprint density at radius 2 is 1.86 bits per heavy atom. The number of nitro benzene ring substituents is 1. The van der Waals surface area contributed by atoms with Gasteiger partial charge in [-0.05, 0) is 48.0 Å². The monoisotopic (exact) mass is 547 g/mol. The van der Waals surface area contributed by atoms with Gasteiger partial charge >= 0.3 is 10.1 Å². The van der Waals surface area contributed by atoms with Gasteiger partial charge in [0, 0.05) is 17.2 Å². The SMILES string of the molecule is COc1cc(/C=C(/C#N)C(=O)Nc2cc(Cl)ccc2Cl)ccc1OS(=O)(=O)c1cccc([N+](=O)[O-])c1. The van der Waals surface area contributed by atoms with Crippen LogP contribution in [0.15, 0.2) is 71.1 Å². The van der Waals surface area contributed by atoms with E-state index in [2.05, 4.69) is 5.32 Å². The van der Waals surface area contributed by atoms with Crippen molar-refractivity contribution < 1.29 is 27.1 Å². The standard InChI is InChI=1S/C23H15Cl2N3O7S/c1-34-22-10-14(9-15(13-26)23(29)27-20-11-16(24)6-7-19(20)25)5-8-21(22)35-36(32,33)18-4-2-3-17(12-18)28(30)31/h2-12H,1H3,(H,27,29)/b15-9-. The Morgan fingerprint density at radius 1 is 1.11 bits per heavy atom. The van der Waals surface area contributed by atoms with Gasteiger partial charge in [0.2, 0.25) is 0 Å². The van der Waals surface area contributed by atoms with Gasteiger partial charge in [-0.3, -0.25) is 14.9 Å². The zero-order valence-corrected chi connectivity index (χ0v) is 20.6. The third-order valence-electron chi connectivity index (χ3n) is 4.56. The van der Waals surface area contributed by atoms with Crippen LogP contribution in [-0.2, 0) is 14.9 Å². The van der Waals surface area contributed by atoms with Gasteiger partial charge in [-0.25, -0.2) is 0 Å². The smallest absolute Gasteiger partial charge is 0.339 e. The summed E-state index contributed by atoms with van der Waals surface area (Å²) in [6.07, 6.45) is 1.25. The third kappa shape index (κ3) is 6.31. The number of ether oxygens (including phenoxy) is 1. The van der Waals surface area contributed by atoms with Gasteiger partial charge in [-0.2, -0.15) is 13.7 Å². The zero-order valence-electron chi connectivity index (χ0n) is 18.3. The van der Waals surface area contributed by atoms with Crippen molar-refractivity contribution in [1.29, 1.82) is 5.26 Å². The molecular formula is C23H15Cl2N3O7S. The summed E-state index contributed by atoms with van der Waals surface area (Å²) in [5.74, 6) is -1.00. The van der Waals surface area contributed by atoms with Crippen LogP contribution in [0.4, 0.5) is 11.4 Å². The Bertz CT molecular complexity index is 1530. The number of methoxy groups -OCH3 is 1. The molecule has 0 atom stereocenters. The highest BCUT2D eigenvalue weighted by atomic mass is 35.5. The number of halogens is 2. The Kier molecular flexibility index (Phi) is 8.16. The number of carbonyl (C=O) groups is 1. The molecule has 0 aromatic heterocycles. The van der Waals surface area contributed by atoms with Crippen molar-refractivity contribution in [3.05, 3.63) is 92.0 Å². The lowest BCUT2D eigenvalue weighted by atomic mass is 10.1. The molecule has 0 bridgehead atoms. The molecule has 0 aliphatic heterocycles. The molecule has 13 heteroatoms. The number of hydrogen-bond donors (Lipinski definition) is 1. The predicted octanol–water partition coefficient (Wildman–Crippen LogP) is 5.22. The number of amides is 1. The minimum absolute atomic E-state index is 0.0339. The first kappa shape index (κ1) is 26.5. The average molecular weight is 548 g/mol. The number of nitro groups is 1. The Labute approximate surface area is 215 Å². The van der Waals surface area contributed by atoms with E-state index < -0.39 is 31.5 Å². The first-order valence-electron chi connectivity index (χ1n) is 9.79. The van der Waals surface area contributed by atoms with Crippen LogP contribution in [0.25, 0.3) is 6.08 Å². The number of anilines is 1. The number of nitrogens with zero attached hydrogens (tertiary/aromatic N) is 2. The van der Waals surface area contributed by atoms with Crippen molar-refractivity contribution in [2.24, 2.45) is 0 Å². The summed E-state index contributed by atoms with van der Waals surface area (Å²) >= 11 is 11.9. The van der Waals surface area contributed by atoms with Crippen LogP contribution in [-0.4, -0.2) is 26.4 Å². The molecule has 36 heavy (non-hydrogen) atoms. The van der Waals surface area contributed by atoms with Crippen LogP contribution in [0.1, 0.15) is 5.56 Å². The molecule has 0 aliphatic carbocycles.